The van der Waals surface area contributed by atoms with E-state index in [1.807, 2.05) is 17.7 Å². The third-order valence-corrected chi connectivity index (χ3v) is 3.00. The van der Waals surface area contributed by atoms with E-state index in [2.05, 4.69) is 17.2 Å². The maximum absolute atomic E-state index is 11.8. The molecule has 102 valence electrons. The van der Waals surface area contributed by atoms with Crippen LogP contribution < -0.4 is 5.32 Å². The molecular formula is C13H23N3O2. The third kappa shape index (κ3) is 4.87. The molecular weight excluding hydrogens is 230 g/mol. The van der Waals surface area contributed by atoms with Crippen LogP contribution in [0, 0.1) is 0 Å². The Bertz CT molecular complexity index is 338. The average Bonchev–Trinajstić information content (AvgIpc) is 2.89. The number of rotatable bonds is 8. The number of carbonyl (C=O) groups excluding carboxylic acids is 1. The molecule has 0 saturated heterocycles. The highest BCUT2D eigenvalue weighted by atomic mass is 16.3. The average molecular weight is 253 g/mol. The van der Waals surface area contributed by atoms with Gasteiger partial charge in [-0.1, -0.05) is 20.3 Å². The first kappa shape index (κ1) is 14.7. The predicted molar refractivity (Wildman–Crippen MR) is 70.1 cm³/mol. The Morgan fingerprint density at radius 3 is 2.83 bits per heavy atom. The molecule has 0 aliphatic heterocycles. The van der Waals surface area contributed by atoms with Gasteiger partial charge < -0.3 is 15.0 Å². The van der Waals surface area contributed by atoms with Crippen molar-refractivity contribution < 1.29 is 9.90 Å². The van der Waals surface area contributed by atoms with Gasteiger partial charge in [-0.15, -0.1) is 0 Å². The predicted octanol–water partition coefficient (Wildman–Crippen LogP) is 1.50. The van der Waals surface area contributed by atoms with Crippen LogP contribution in [-0.4, -0.2) is 33.2 Å². The number of nitrogens with one attached hydrogen (secondary N) is 1. The van der Waals surface area contributed by atoms with E-state index >= 15 is 0 Å². The van der Waals surface area contributed by atoms with E-state index in [-0.39, 0.29) is 11.9 Å². The number of aliphatic hydroxyl groups is 1. The number of amides is 1. The molecule has 5 heteroatoms. The summed E-state index contributed by atoms with van der Waals surface area (Å²) >= 11 is 0. The number of nitrogens with zero attached hydrogens (tertiary/aromatic N) is 2. The summed E-state index contributed by atoms with van der Waals surface area (Å²) in [6, 6.07) is 0.149. The zero-order chi connectivity index (χ0) is 13.4. The second-order valence-corrected chi connectivity index (χ2v) is 4.52. The van der Waals surface area contributed by atoms with Gasteiger partial charge in [-0.25, -0.2) is 4.98 Å². The molecule has 0 spiro atoms. The van der Waals surface area contributed by atoms with Crippen LogP contribution in [0.1, 0.15) is 45.6 Å². The highest BCUT2D eigenvalue weighted by Crippen LogP contribution is 2.17. The van der Waals surface area contributed by atoms with Crippen LogP contribution >= 0.6 is 0 Å². The lowest BCUT2D eigenvalue weighted by atomic mass is 10.1. The molecule has 1 amide bonds. The maximum Gasteiger partial charge on any atom is 0.222 e. The molecule has 5 nitrogen and oxygen atoms in total. The second-order valence-electron chi connectivity index (χ2n) is 4.52. The summed E-state index contributed by atoms with van der Waals surface area (Å²) in [5, 5.41) is 12.2. The van der Waals surface area contributed by atoms with E-state index in [1.165, 1.54) is 0 Å². The summed E-state index contributed by atoms with van der Waals surface area (Å²) in [7, 11) is 0. The van der Waals surface area contributed by atoms with Crippen molar-refractivity contribution in [3.05, 3.63) is 18.7 Å². The van der Waals surface area contributed by atoms with Crippen LogP contribution in [0.4, 0.5) is 0 Å². The lowest BCUT2D eigenvalue weighted by Crippen LogP contribution is -2.33. The quantitative estimate of drug-likeness (QED) is 0.738. The lowest BCUT2D eigenvalue weighted by Gasteiger charge is -2.18. The van der Waals surface area contributed by atoms with Gasteiger partial charge in [0.05, 0.1) is 12.4 Å². The fraction of sp³-hybridized carbons (Fsp3) is 0.692. The van der Waals surface area contributed by atoms with E-state index in [0.717, 1.165) is 12.8 Å². The maximum atomic E-state index is 11.8. The molecule has 0 saturated carbocycles. The summed E-state index contributed by atoms with van der Waals surface area (Å²) < 4.78 is 1.97. The van der Waals surface area contributed by atoms with Crippen LogP contribution in [0.15, 0.2) is 18.7 Å². The van der Waals surface area contributed by atoms with Gasteiger partial charge in [0.2, 0.25) is 5.91 Å². The normalized spacial score (nSPS) is 14.2. The van der Waals surface area contributed by atoms with Crippen LogP contribution in [0.3, 0.4) is 0 Å². The van der Waals surface area contributed by atoms with E-state index < -0.39 is 6.10 Å². The first-order valence-corrected chi connectivity index (χ1v) is 6.59. The van der Waals surface area contributed by atoms with Gasteiger partial charge >= 0.3 is 0 Å². The zero-order valence-electron chi connectivity index (χ0n) is 11.2. The molecule has 0 aliphatic rings. The van der Waals surface area contributed by atoms with Crippen LogP contribution in [0.5, 0.6) is 0 Å². The van der Waals surface area contributed by atoms with E-state index in [4.69, 9.17) is 0 Å². The number of imidazole rings is 1. The fourth-order valence-corrected chi connectivity index (χ4v) is 1.84. The van der Waals surface area contributed by atoms with Gasteiger partial charge in [-0.2, -0.15) is 0 Å². The van der Waals surface area contributed by atoms with Crippen LogP contribution in [0.2, 0.25) is 0 Å². The zero-order valence-corrected chi connectivity index (χ0v) is 11.2. The van der Waals surface area contributed by atoms with Gasteiger partial charge in [0.1, 0.15) is 0 Å². The largest absolute Gasteiger partial charge is 0.391 e. The smallest absolute Gasteiger partial charge is 0.222 e. The molecule has 1 aromatic heterocycles. The molecule has 2 unspecified atom stereocenters. The highest BCUT2D eigenvalue weighted by molar-refractivity contribution is 5.76. The molecule has 0 radical (unpaired) electrons. The first-order chi connectivity index (χ1) is 8.67. The Morgan fingerprint density at radius 2 is 2.28 bits per heavy atom. The van der Waals surface area contributed by atoms with Gasteiger partial charge in [0, 0.05) is 31.4 Å². The SMILES string of the molecule is CCCC(CC(=O)NCC(O)CC)n1ccnc1. The minimum absolute atomic E-state index is 0.0188. The monoisotopic (exact) mass is 253 g/mol. The molecule has 1 aromatic rings. The first-order valence-electron chi connectivity index (χ1n) is 6.59. The van der Waals surface area contributed by atoms with Crippen molar-refractivity contribution in [1.29, 1.82) is 0 Å². The van der Waals surface area contributed by atoms with Gasteiger partial charge in [-0.3, -0.25) is 4.79 Å². The lowest BCUT2D eigenvalue weighted by molar-refractivity contribution is -0.122. The molecule has 2 atom stereocenters. The minimum atomic E-state index is -0.452. The molecule has 2 N–H and O–H groups in total. The second kappa shape index (κ2) is 7.87. The summed E-state index contributed by atoms with van der Waals surface area (Å²) in [5.41, 5.74) is 0. The summed E-state index contributed by atoms with van der Waals surface area (Å²) in [6.07, 6.45) is 7.95. The summed E-state index contributed by atoms with van der Waals surface area (Å²) in [5.74, 6) is -0.0188. The Balaban J connectivity index is 2.43. The Morgan fingerprint density at radius 1 is 1.50 bits per heavy atom. The number of hydrogen-bond donors (Lipinski definition) is 2. The molecule has 0 aromatic carbocycles. The number of carbonyl (C=O) groups is 1. The topological polar surface area (TPSA) is 67.2 Å². The van der Waals surface area contributed by atoms with Gasteiger partial charge in [-0.05, 0) is 12.8 Å². The standard InChI is InChI=1S/C13H23N3O2/c1-3-5-11(16-7-6-14-10-16)8-13(18)15-9-12(17)4-2/h6-7,10-12,17H,3-5,8-9H2,1-2H3,(H,15,18). The Kier molecular flexibility index (Phi) is 6.43. The van der Waals surface area contributed by atoms with Gasteiger partial charge in [0.25, 0.3) is 0 Å². The van der Waals surface area contributed by atoms with E-state index in [1.54, 1.807) is 12.5 Å². The van der Waals surface area contributed by atoms with Crippen molar-refractivity contribution in [3.8, 4) is 0 Å². The van der Waals surface area contributed by atoms with Crippen molar-refractivity contribution in [1.82, 2.24) is 14.9 Å². The van der Waals surface area contributed by atoms with Crippen LogP contribution in [-0.2, 0) is 4.79 Å². The molecule has 1 heterocycles. The Hall–Kier alpha value is -1.36. The van der Waals surface area contributed by atoms with Crippen molar-refractivity contribution in [2.24, 2.45) is 0 Å². The minimum Gasteiger partial charge on any atom is -0.391 e. The number of hydrogen-bond acceptors (Lipinski definition) is 3. The van der Waals surface area contributed by atoms with Crippen molar-refractivity contribution in [2.75, 3.05) is 6.54 Å². The van der Waals surface area contributed by atoms with Gasteiger partial charge in [0.15, 0.2) is 0 Å². The summed E-state index contributed by atoms with van der Waals surface area (Å²) in [4.78, 5) is 15.8. The molecule has 0 aliphatic carbocycles. The Labute approximate surface area is 108 Å². The number of aromatic nitrogens is 2. The van der Waals surface area contributed by atoms with E-state index in [9.17, 15) is 9.90 Å². The van der Waals surface area contributed by atoms with Crippen molar-refractivity contribution >= 4 is 5.91 Å². The highest BCUT2D eigenvalue weighted by Gasteiger charge is 2.14. The molecule has 0 fully saturated rings. The van der Waals surface area contributed by atoms with Crippen LogP contribution in [0.25, 0.3) is 0 Å². The van der Waals surface area contributed by atoms with Crippen molar-refractivity contribution in [3.63, 3.8) is 0 Å². The van der Waals surface area contributed by atoms with E-state index in [0.29, 0.717) is 19.4 Å². The fourth-order valence-electron chi connectivity index (χ4n) is 1.84. The number of aliphatic hydroxyl groups excluding tert-OH is 1. The third-order valence-electron chi connectivity index (χ3n) is 3.00. The molecule has 18 heavy (non-hydrogen) atoms. The molecule has 0 bridgehead atoms. The molecule has 1 rings (SSSR count). The van der Waals surface area contributed by atoms with Crippen molar-refractivity contribution in [2.45, 2.75) is 51.7 Å². The summed E-state index contributed by atoms with van der Waals surface area (Å²) in [6.45, 7) is 4.32.